The van der Waals surface area contributed by atoms with Crippen LogP contribution < -0.4 is 0 Å². The van der Waals surface area contributed by atoms with E-state index in [1.165, 1.54) is 76.5 Å². The van der Waals surface area contributed by atoms with Crippen LogP contribution in [0.1, 0.15) is 152 Å². The van der Waals surface area contributed by atoms with Crippen molar-refractivity contribution in [2.24, 2.45) is 0 Å². The van der Waals surface area contributed by atoms with E-state index >= 15 is 0 Å². The van der Waals surface area contributed by atoms with Crippen LogP contribution in [0.2, 0.25) is 0 Å². The van der Waals surface area contributed by atoms with Gasteiger partial charge in [-0.15, -0.1) is 0 Å². The lowest BCUT2D eigenvalue weighted by molar-refractivity contribution is 0.863. The molecule has 0 aliphatic heterocycles. The van der Waals surface area contributed by atoms with Gasteiger partial charge in [0.15, 0.2) is 0 Å². The van der Waals surface area contributed by atoms with Gasteiger partial charge in [-0.1, -0.05) is 253 Å². The molecule has 10 rings (SSSR count). The van der Waals surface area contributed by atoms with E-state index in [0.29, 0.717) is 35.5 Å². The molecule has 0 saturated carbocycles. The molecule has 0 atom stereocenters. The molecule has 0 radical (unpaired) electrons. The maximum Gasteiger partial charge on any atom is 0.0270 e. The Hall–Kier alpha value is -6.90. The Morgan fingerprint density at radius 1 is 0.229 bits per heavy atom. The van der Waals surface area contributed by atoms with Gasteiger partial charge in [0, 0.05) is 24.8 Å². The Balaban J connectivity index is 0.000000158. The molecule has 0 aliphatic carbocycles. The molecule has 2 heteroatoms. The van der Waals surface area contributed by atoms with E-state index in [0.717, 1.165) is 0 Å². The van der Waals surface area contributed by atoms with Gasteiger partial charge in [-0.2, -0.15) is 0 Å². The van der Waals surface area contributed by atoms with Crippen molar-refractivity contribution in [2.75, 3.05) is 0 Å². The average Bonchev–Trinajstić information content (AvgIpc) is 3.39. The highest BCUT2D eigenvalue weighted by Crippen LogP contribution is 2.27. The highest BCUT2D eigenvalue weighted by molar-refractivity contribution is 5.87. The molecule has 0 saturated heterocycles. The first-order valence-corrected chi connectivity index (χ1v) is 25.5. The van der Waals surface area contributed by atoms with Crippen LogP contribution in [0.25, 0.3) is 43.1 Å². The van der Waals surface area contributed by atoms with Crippen molar-refractivity contribution in [3.05, 3.63) is 252 Å². The first-order valence-electron chi connectivity index (χ1n) is 25.5. The molecular weight excluding hydrogens is 845 g/mol. The van der Waals surface area contributed by atoms with Gasteiger partial charge in [0.05, 0.1) is 0 Å². The molecule has 0 N–H and O–H groups in total. The number of pyridine rings is 2. The summed E-state index contributed by atoms with van der Waals surface area (Å²) in [5, 5.41) is 10.8. The van der Waals surface area contributed by atoms with Crippen molar-refractivity contribution in [1.82, 2.24) is 9.97 Å². The maximum atomic E-state index is 3.93. The molecule has 0 fully saturated rings. The third-order valence-electron chi connectivity index (χ3n) is 12.5. The zero-order valence-corrected chi connectivity index (χ0v) is 44.1. The fourth-order valence-electron chi connectivity index (χ4n) is 8.14. The van der Waals surface area contributed by atoms with E-state index in [4.69, 9.17) is 0 Å². The van der Waals surface area contributed by atoms with Crippen LogP contribution in [0.3, 0.4) is 0 Å². The third-order valence-corrected chi connectivity index (χ3v) is 12.5. The van der Waals surface area contributed by atoms with E-state index in [1.807, 2.05) is 49.1 Å². The number of benzene rings is 8. The fraction of sp³-hybridized carbons (Fsp3) is 0.265. The first kappa shape index (κ1) is 54.0. The summed E-state index contributed by atoms with van der Waals surface area (Å²) in [6, 6.07) is 68.7. The van der Waals surface area contributed by atoms with Crippen LogP contribution in [0.4, 0.5) is 0 Å². The van der Waals surface area contributed by atoms with Gasteiger partial charge in [-0.25, -0.2) is 0 Å². The molecule has 360 valence electrons. The Kier molecular flexibility index (Phi) is 21.6. The van der Waals surface area contributed by atoms with Crippen molar-refractivity contribution in [3.8, 4) is 0 Å². The van der Waals surface area contributed by atoms with Crippen molar-refractivity contribution in [1.29, 1.82) is 0 Å². The van der Waals surface area contributed by atoms with E-state index in [9.17, 15) is 0 Å². The summed E-state index contributed by atoms with van der Waals surface area (Å²) in [7, 11) is 0. The summed E-state index contributed by atoms with van der Waals surface area (Å²) in [5.41, 5.74) is 8.42. The van der Waals surface area contributed by atoms with E-state index in [1.54, 1.807) is 0 Å². The molecule has 2 nitrogen and oxygen atoms in total. The number of nitrogens with zero attached hydrogens (tertiary/aromatic N) is 2. The molecule has 0 spiro atoms. The quantitative estimate of drug-likeness (QED) is 0.166. The number of aromatic nitrogens is 2. The second-order valence-electron chi connectivity index (χ2n) is 19.8. The topological polar surface area (TPSA) is 25.8 Å². The lowest BCUT2D eigenvalue weighted by atomic mass is 9.96. The summed E-state index contributed by atoms with van der Waals surface area (Å²) < 4.78 is 0. The lowest BCUT2D eigenvalue weighted by Crippen LogP contribution is -1.88. The highest BCUT2D eigenvalue weighted by atomic mass is 14.6. The predicted molar refractivity (Wildman–Crippen MR) is 309 cm³/mol. The fourth-order valence-corrected chi connectivity index (χ4v) is 8.14. The van der Waals surface area contributed by atoms with E-state index in [-0.39, 0.29) is 0 Å². The van der Waals surface area contributed by atoms with Gasteiger partial charge in [0.2, 0.25) is 0 Å². The number of rotatable bonds is 6. The molecule has 70 heavy (non-hydrogen) atoms. The minimum absolute atomic E-state index is 0.603. The van der Waals surface area contributed by atoms with Gasteiger partial charge in [0.25, 0.3) is 0 Å². The average molecular weight is 923 g/mol. The van der Waals surface area contributed by atoms with Crippen LogP contribution >= 0.6 is 0 Å². The maximum absolute atomic E-state index is 3.93. The number of fused-ring (bicyclic) bond motifs is 4. The number of hydrogen-bond donors (Lipinski definition) is 0. The van der Waals surface area contributed by atoms with Gasteiger partial charge in [0.1, 0.15) is 0 Å². The molecule has 0 aliphatic rings. The molecule has 10 aromatic rings. The smallest absolute Gasteiger partial charge is 0.0270 e. The third kappa shape index (κ3) is 16.7. The Bertz CT molecular complexity index is 2820. The van der Waals surface area contributed by atoms with Gasteiger partial charge in [-0.3, -0.25) is 9.97 Å². The molecule has 0 amide bonds. The van der Waals surface area contributed by atoms with Crippen molar-refractivity contribution < 1.29 is 0 Å². The number of hydrogen-bond acceptors (Lipinski definition) is 2. The van der Waals surface area contributed by atoms with Crippen molar-refractivity contribution in [2.45, 2.75) is 119 Å². The van der Waals surface area contributed by atoms with Crippen molar-refractivity contribution >= 4 is 43.1 Å². The normalized spacial score (nSPS) is 10.8. The highest BCUT2D eigenvalue weighted by Gasteiger charge is 2.05. The zero-order chi connectivity index (χ0) is 50.4. The second kappa shape index (κ2) is 27.9. The van der Waals surface area contributed by atoms with Gasteiger partial charge in [-0.05, 0) is 136 Å². The molecule has 0 unspecified atom stereocenters. The summed E-state index contributed by atoms with van der Waals surface area (Å²) in [5.74, 6) is 3.67. The monoisotopic (exact) mass is 923 g/mol. The van der Waals surface area contributed by atoms with Crippen LogP contribution in [-0.4, -0.2) is 9.97 Å². The summed E-state index contributed by atoms with van der Waals surface area (Å²) >= 11 is 0. The van der Waals surface area contributed by atoms with Gasteiger partial charge < -0.3 is 0 Å². The van der Waals surface area contributed by atoms with E-state index < -0.39 is 0 Å². The summed E-state index contributed by atoms with van der Waals surface area (Å²) in [6.07, 6.45) is 7.31. The Labute approximate surface area is 421 Å². The second-order valence-corrected chi connectivity index (χ2v) is 19.8. The van der Waals surface area contributed by atoms with Crippen LogP contribution in [0.15, 0.2) is 219 Å². The molecule has 0 bridgehead atoms. The first-order chi connectivity index (χ1) is 33.7. The van der Waals surface area contributed by atoms with E-state index in [2.05, 4.69) is 263 Å². The molecule has 2 aromatic heterocycles. The Morgan fingerprint density at radius 2 is 0.514 bits per heavy atom. The largest absolute Gasteiger partial charge is 0.265 e. The lowest BCUT2D eigenvalue weighted by Gasteiger charge is -2.08. The Morgan fingerprint density at radius 3 is 0.814 bits per heavy atom. The summed E-state index contributed by atoms with van der Waals surface area (Å²) in [4.78, 5) is 7.86. The summed E-state index contributed by atoms with van der Waals surface area (Å²) in [6.45, 7) is 26.6. The minimum atomic E-state index is 0.603. The molecule has 2 heterocycles. The predicted octanol–water partition coefficient (Wildman–Crippen LogP) is 20.3. The van der Waals surface area contributed by atoms with Crippen LogP contribution in [-0.2, 0) is 0 Å². The molecule has 8 aromatic carbocycles. The van der Waals surface area contributed by atoms with Crippen LogP contribution in [0.5, 0.6) is 0 Å². The standard InChI is InChI=1S/4C13H14.2C8H11N/c2*1-10(2)12-9-5-7-11-6-3-4-8-13(11)12;2*1-10(2)12-8-7-11-5-3-4-6-13(11)9-12;2*1-7(2)8-3-5-9-6-4-8/h4*3-10H,1-2H3;2*3-7H,1-2H3. The van der Waals surface area contributed by atoms with Gasteiger partial charge >= 0.3 is 0 Å². The zero-order valence-electron chi connectivity index (χ0n) is 44.1. The van der Waals surface area contributed by atoms with Crippen molar-refractivity contribution in [3.63, 3.8) is 0 Å². The molecular formula is C68H78N2. The minimum Gasteiger partial charge on any atom is -0.265 e. The SMILES string of the molecule is CC(C)c1ccc2ccccc2c1.CC(C)c1ccc2ccccc2c1.CC(C)c1cccc2ccccc12.CC(C)c1cccc2ccccc12.CC(C)c1ccncc1.CC(C)c1ccncc1. The van der Waals surface area contributed by atoms with Crippen LogP contribution in [0, 0.1) is 0 Å².